The van der Waals surface area contributed by atoms with Crippen LogP contribution in [0.4, 0.5) is 5.82 Å². The molecule has 26 heavy (non-hydrogen) atoms. The smallest absolute Gasteiger partial charge is 0.227 e. The molecule has 0 bridgehead atoms. The van der Waals surface area contributed by atoms with Gasteiger partial charge in [-0.1, -0.05) is 6.92 Å². The Morgan fingerprint density at radius 3 is 3.15 bits per heavy atom. The van der Waals surface area contributed by atoms with Gasteiger partial charge in [0.25, 0.3) is 0 Å². The maximum absolute atomic E-state index is 13.3. The van der Waals surface area contributed by atoms with E-state index >= 15 is 0 Å². The molecule has 2 atom stereocenters. The van der Waals surface area contributed by atoms with Gasteiger partial charge in [0.15, 0.2) is 0 Å². The van der Waals surface area contributed by atoms with Crippen LogP contribution in [0.15, 0.2) is 17.8 Å². The Kier molecular flexibility index (Phi) is 5.36. The fourth-order valence-corrected chi connectivity index (χ4v) is 4.98. The summed E-state index contributed by atoms with van der Waals surface area (Å²) in [7, 11) is 0. The van der Waals surface area contributed by atoms with Crippen molar-refractivity contribution in [2.24, 2.45) is 5.92 Å². The third-order valence-electron chi connectivity index (χ3n) is 5.53. The summed E-state index contributed by atoms with van der Waals surface area (Å²) in [5.41, 5.74) is 0. The van der Waals surface area contributed by atoms with E-state index in [9.17, 15) is 4.79 Å². The topological polar surface area (TPSA) is 61.4 Å². The van der Waals surface area contributed by atoms with Gasteiger partial charge in [-0.25, -0.2) is 9.97 Å². The Bertz CT molecular complexity index is 757. The molecule has 0 saturated carbocycles. The van der Waals surface area contributed by atoms with E-state index in [1.807, 2.05) is 0 Å². The van der Waals surface area contributed by atoms with Crippen LogP contribution in [0.2, 0.25) is 0 Å². The van der Waals surface area contributed by atoms with Crippen LogP contribution < -0.4 is 10.2 Å². The number of nitrogens with one attached hydrogen (secondary N) is 1. The number of anilines is 1. The summed E-state index contributed by atoms with van der Waals surface area (Å²) in [5.74, 6) is 1.39. The summed E-state index contributed by atoms with van der Waals surface area (Å²) in [4.78, 5) is 27.7. The lowest BCUT2D eigenvalue weighted by Gasteiger charge is -2.37. The number of carbonyl (C=O) groups is 1. The number of nitrogens with zero attached hydrogens (tertiary/aromatic N) is 4. The molecule has 140 valence electrons. The maximum Gasteiger partial charge on any atom is 0.227 e. The monoisotopic (exact) mass is 373 g/mol. The summed E-state index contributed by atoms with van der Waals surface area (Å²) >= 11 is 1.64. The lowest BCUT2D eigenvalue weighted by molar-refractivity contribution is -0.137. The molecule has 0 spiro atoms. The lowest BCUT2D eigenvalue weighted by atomic mass is 9.95. The van der Waals surface area contributed by atoms with E-state index in [4.69, 9.17) is 0 Å². The van der Waals surface area contributed by atoms with Crippen molar-refractivity contribution in [2.45, 2.75) is 38.6 Å². The molecule has 4 rings (SSSR count). The van der Waals surface area contributed by atoms with Gasteiger partial charge in [0.05, 0.1) is 11.3 Å². The highest BCUT2D eigenvalue weighted by Gasteiger charge is 2.34. The van der Waals surface area contributed by atoms with E-state index < -0.39 is 0 Å². The first-order valence-corrected chi connectivity index (χ1v) is 10.6. The number of piperidine rings is 1. The summed E-state index contributed by atoms with van der Waals surface area (Å²) in [6.45, 7) is 6.70. The second kappa shape index (κ2) is 7.88. The number of thiophene rings is 1. The van der Waals surface area contributed by atoms with Crippen molar-refractivity contribution in [1.29, 1.82) is 0 Å². The zero-order valence-electron chi connectivity index (χ0n) is 15.4. The fraction of sp³-hybridized carbons (Fsp3) is 0.632. The number of aromatic nitrogens is 2. The molecule has 2 saturated heterocycles. The van der Waals surface area contributed by atoms with Crippen LogP contribution in [-0.4, -0.2) is 59.5 Å². The molecular formula is C19H27N5OS. The number of hydrogen-bond acceptors (Lipinski definition) is 6. The van der Waals surface area contributed by atoms with Crippen molar-refractivity contribution < 1.29 is 4.79 Å². The van der Waals surface area contributed by atoms with E-state index in [1.165, 1.54) is 0 Å². The van der Waals surface area contributed by atoms with Crippen molar-refractivity contribution in [3.63, 3.8) is 0 Å². The summed E-state index contributed by atoms with van der Waals surface area (Å²) < 4.78 is 0. The minimum Gasteiger partial charge on any atom is -0.355 e. The van der Waals surface area contributed by atoms with Gasteiger partial charge in [-0.2, -0.15) is 0 Å². The van der Waals surface area contributed by atoms with Crippen molar-refractivity contribution in [1.82, 2.24) is 20.2 Å². The van der Waals surface area contributed by atoms with Gasteiger partial charge in [-0.15, -0.1) is 11.3 Å². The number of hydrogen-bond donors (Lipinski definition) is 1. The molecule has 0 aromatic carbocycles. The SMILES string of the molecule is CCCN(C(=O)C1CCCN(c2ncnc3sccc23)C1)C1CCNC1. The van der Waals surface area contributed by atoms with E-state index in [-0.39, 0.29) is 5.92 Å². The van der Waals surface area contributed by atoms with Gasteiger partial charge in [0.1, 0.15) is 17.0 Å². The summed E-state index contributed by atoms with van der Waals surface area (Å²) in [6.07, 6.45) is 5.75. The highest BCUT2D eigenvalue weighted by Crippen LogP contribution is 2.30. The van der Waals surface area contributed by atoms with Crippen LogP contribution in [0, 0.1) is 5.92 Å². The Labute approximate surface area is 158 Å². The minimum absolute atomic E-state index is 0.0690. The largest absolute Gasteiger partial charge is 0.355 e. The molecule has 0 aliphatic carbocycles. The van der Waals surface area contributed by atoms with Crippen LogP contribution in [0.3, 0.4) is 0 Å². The maximum atomic E-state index is 13.3. The number of fused-ring (bicyclic) bond motifs is 1. The first kappa shape index (κ1) is 17.7. The molecule has 1 N–H and O–H groups in total. The highest BCUT2D eigenvalue weighted by atomic mass is 32.1. The predicted octanol–water partition coefficient (Wildman–Crippen LogP) is 2.51. The molecule has 2 aromatic heterocycles. The van der Waals surface area contributed by atoms with Gasteiger partial charge in [0, 0.05) is 32.2 Å². The van der Waals surface area contributed by atoms with Crippen LogP contribution in [0.5, 0.6) is 0 Å². The molecular weight excluding hydrogens is 346 g/mol. The van der Waals surface area contributed by atoms with Gasteiger partial charge in [-0.3, -0.25) is 4.79 Å². The van der Waals surface area contributed by atoms with Gasteiger partial charge < -0.3 is 15.1 Å². The van der Waals surface area contributed by atoms with E-state index in [1.54, 1.807) is 17.7 Å². The molecule has 4 heterocycles. The Morgan fingerprint density at radius 1 is 1.42 bits per heavy atom. The normalized spacial score (nSPS) is 23.5. The quantitative estimate of drug-likeness (QED) is 0.873. The second-order valence-electron chi connectivity index (χ2n) is 7.30. The average Bonchev–Trinajstić information content (AvgIpc) is 3.37. The van der Waals surface area contributed by atoms with Crippen LogP contribution in [0.25, 0.3) is 10.2 Å². The first-order valence-electron chi connectivity index (χ1n) is 9.72. The van der Waals surface area contributed by atoms with E-state index in [0.717, 1.165) is 74.4 Å². The Hall–Kier alpha value is -1.73. The molecule has 2 fully saturated rings. The molecule has 7 heteroatoms. The molecule has 2 aromatic rings. The molecule has 2 aliphatic heterocycles. The second-order valence-corrected chi connectivity index (χ2v) is 8.19. The summed E-state index contributed by atoms with van der Waals surface area (Å²) in [5, 5.41) is 6.57. The van der Waals surface area contributed by atoms with Crippen molar-refractivity contribution in [3.8, 4) is 0 Å². The molecule has 2 aliphatic rings. The Balaban J connectivity index is 1.52. The molecule has 6 nitrogen and oxygen atoms in total. The van der Waals surface area contributed by atoms with Crippen LogP contribution >= 0.6 is 11.3 Å². The lowest BCUT2D eigenvalue weighted by Crippen LogP contribution is -2.49. The molecule has 1 amide bonds. The third-order valence-corrected chi connectivity index (χ3v) is 6.35. The van der Waals surface area contributed by atoms with Gasteiger partial charge in [-0.05, 0) is 43.7 Å². The first-order chi connectivity index (χ1) is 12.8. The molecule has 2 unspecified atom stereocenters. The summed E-state index contributed by atoms with van der Waals surface area (Å²) in [6, 6.07) is 2.45. The Morgan fingerprint density at radius 2 is 2.35 bits per heavy atom. The predicted molar refractivity (Wildman–Crippen MR) is 106 cm³/mol. The van der Waals surface area contributed by atoms with E-state index in [0.29, 0.717) is 11.9 Å². The zero-order chi connectivity index (χ0) is 17.9. The minimum atomic E-state index is 0.0690. The van der Waals surface area contributed by atoms with Gasteiger partial charge >= 0.3 is 0 Å². The van der Waals surface area contributed by atoms with E-state index in [2.05, 4.69) is 43.5 Å². The van der Waals surface area contributed by atoms with Crippen molar-refractivity contribution >= 4 is 33.3 Å². The number of amides is 1. The highest BCUT2D eigenvalue weighted by molar-refractivity contribution is 7.16. The van der Waals surface area contributed by atoms with Crippen molar-refractivity contribution in [3.05, 3.63) is 17.8 Å². The van der Waals surface area contributed by atoms with Crippen LogP contribution in [-0.2, 0) is 4.79 Å². The number of rotatable bonds is 5. The zero-order valence-corrected chi connectivity index (χ0v) is 16.2. The van der Waals surface area contributed by atoms with Crippen molar-refractivity contribution in [2.75, 3.05) is 37.6 Å². The van der Waals surface area contributed by atoms with Gasteiger partial charge in [0.2, 0.25) is 5.91 Å². The number of carbonyl (C=O) groups excluding carboxylic acids is 1. The fourth-order valence-electron chi connectivity index (χ4n) is 4.25. The standard InChI is InChI=1S/C19H27N5OS/c1-2-8-24(15-5-7-20-11-15)19(25)14-4-3-9-23(12-14)17-16-6-10-26-18(16)22-13-21-17/h6,10,13-15,20H,2-5,7-9,11-12H2,1H3. The molecule has 0 radical (unpaired) electrons. The van der Waals surface area contributed by atoms with Crippen LogP contribution in [0.1, 0.15) is 32.6 Å². The average molecular weight is 374 g/mol. The third kappa shape index (κ3) is 3.42.